The third kappa shape index (κ3) is 2.19. The van der Waals surface area contributed by atoms with Crippen molar-refractivity contribution in [3.63, 3.8) is 0 Å². The molecule has 1 aromatic heterocycles. The van der Waals surface area contributed by atoms with Gasteiger partial charge in [-0.25, -0.2) is 22.8 Å². The quantitative estimate of drug-likeness (QED) is 0.839. The van der Waals surface area contributed by atoms with Gasteiger partial charge < -0.3 is 0 Å². The fraction of sp³-hybridized carbons (Fsp3) is 0.231. The average molecular weight is 293 g/mol. The van der Waals surface area contributed by atoms with Crippen molar-refractivity contribution in [1.82, 2.24) is 14.3 Å². The molecule has 0 fully saturated rings. The molecular weight excluding hydrogens is 281 g/mol. The van der Waals surface area contributed by atoms with Gasteiger partial charge in [0.25, 0.3) is 0 Å². The molecule has 0 bridgehead atoms. The molecule has 0 N–H and O–H groups in total. The summed E-state index contributed by atoms with van der Waals surface area (Å²) in [6.07, 6.45) is 3.55. The van der Waals surface area contributed by atoms with E-state index in [0.717, 1.165) is 17.3 Å². The molecule has 1 aliphatic rings. The third-order valence-corrected chi connectivity index (χ3v) is 5.16. The summed E-state index contributed by atoms with van der Waals surface area (Å²) in [4.78, 5) is 7.73. The van der Waals surface area contributed by atoms with E-state index in [4.69, 9.17) is 0 Å². The monoisotopic (exact) mass is 293 g/mol. The first-order valence-corrected chi connectivity index (χ1v) is 7.55. The maximum atomic E-state index is 13.7. The van der Waals surface area contributed by atoms with Crippen LogP contribution in [0.3, 0.4) is 0 Å². The van der Waals surface area contributed by atoms with Crippen molar-refractivity contribution >= 4 is 10.0 Å². The standard InChI is InChI=1S/C13H12FN3O2S/c14-11-3-1-2-4-13(11)20(18,19)17-6-5-12-10(8-17)7-15-9-16-12/h1-4,7,9H,5-6,8H2. The molecule has 1 aliphatic heterocycles. The van der Waals surface area contributed by atoms with Gasteiger partial charge in [0, 0.05) is 37.0 Å². The van der Waals surface area contributed by atoms with E-state index >= 15 is 0 Å². The van der Waals surface area contributed by atoms with Gasteiger partial charge in [-0.3, -0.25) is 0 Å². The average Bonchev–Trinajstić information content (AvgIpc) is 2.47. The summed E-state index contributed by atoms with van der Waals surface area (Å²) >= 11 is 0. The lowest BCUT2D eigenvalue weighted by Crippen LogP contribution is -2.36. The normalized spacial score (nSPS) is 15.8. The molecule has 3 rings (SSSR count). The summed E-state index contributed by atoms with van der Waals surface area (Å²) in [7, 11) is -3.83. The van der Waals surface area contributed by atoms with Crippen LogP contribution in [0.25, 0.3) is 0 Å². The largest absolute Gasteiger partial charge is 0.246 e. The first kappa shape index (κ1) is 13.1. The van der Waals surface area contributed by atoms with Crippen LogP contribution in [-0.2, 0) is 23.0 Å². The highest BCUT2D eigenvalue weighted by molar-refractivity contribution is 7.89. The highest BCUT2D eigenvalue weighted by atomic mass is 32.2. The summed E-state index contributed by atoms with van der Waals surface area (Å²) < 4.78 is 39.9. The predicted octanol–water partition coefficient (Wildman–Crippen LogP) is 1.36. The molecule has 104 valence electrons. The van der Waals surface area contributed by atoms with Crippen LogP contribution >= 0.6 is 0 Å². The minimum Gasteiger partial charge on any atom is -0.244 e. The molecule has 0 aliphatic carbocycles. The first-order chi connectivity index (χ1) is 9.59. The Morgan fingerprint density at radius 3 is 2.85 bits per heavy atom. The van der Waals surface area contributed by atoms with Crippen molar-refractivity contribution in [1.29, 1.82) is 0 Å². The Balaban J connectivity index is 1.97. The highest BCUT2D eigenvalue weighted by Gasteiger charge is 2.30. The van der Waals surface area contributed by atoms with Crippen LogP contribution in [0.4, 0.5) is 4.39 Å². The van der Waals surface area contributed by atoms with Gasteiger partial charge in [0.05, 0.1) is 0 Å². The van der Waals surface area contributed by atoms with Gasteiger partial charge in [0.1, 0.15) is 17.0 Å². The molecule has 0 radical (unpaired) electrons. The van der Waals surface area contributed by atoms with E-state index in [0.29, 0.717) is 13.0 Å². The Bertz CT molecular complexity index is 749. The van der Waals surface area contributed by atoms with Crippen LogP contribution in [0.2, 0.25) is 0 Å². The summed E-state index contributed by atoms with van der Waals surface area (Å²) in [6.45, 7) is 0.466. The molecule has 5 nitrogen and oxygen atoms in total. The number of aromatic nitrogens is 2. The number of halogens is 1. The fourth-order valence-electron chi connectivity index (χ4n) is 2.24. The van der Waals surface area contributed by atoms with Crippen LogP contribution < -0.4 is 0 Å². The summed E-state index contributed by atoms with van der Waals surface area (Å²) in [5.74, 6) is -0.734. The minimum absolute atomic E-state index is 0.173. The predicted molar refractivity (Wildman–Crippen MR) is 69.7 cm³/mol. The number of hydrogen-bond donors (Lipinski definition) is 0. The zero-order chi connectivity index (χ0) is 14.2. The number of rotatable bonds is 2. The number of sulfonamides is 1. The number of nitrogens with zero attached hydrogens (tertiary/aromatic N) is 3. The lowest BCUT2D eigenvalue weighted by atomic mass is 10.1. The van der Waals surface area contributed by atoms with Crippen molar-refractivity contribution < 1.29 is 12.8 Å². The van der Waals surface area contributed by atoms with E-state index in [9.17, 15) is 12.8 Å². The van der Waals surface area contributed by atoms with E-state index in [2.05, 4.69) is 9.97 Å². The molecule has 0 unspecified atom stereocenters. The Kier molecular flexibility index (Phi) is 3.23. The Morgan fingerprint density at radius 1 is 1.25 bits per heavy atom. The second-order valence-corrected chi connectivity index (χ2v) is 6.42. The van der Waals surface area contributed by atoms with Crippen molar-refractivity contribution in [2.75, 3.05) is 6.54 Å². The van der Waals surface area contributed by atoms with E-state index in [-0.39, 0.29) is 11.4 Å². The lowest BCUT2D eigenvalue weighted by molar-refractivity contribution is 0.384. The maximum absolute atomic E-state index is 13.7. The van der Waals surface area contributed by atoms with Crippen molar-refractivity contribution in [3.05, 3.63) is 53.9 Å². The summed E-state index contributed by atoms with van der Waals surface area (Å²) in [5.41, 5.74) is 1.61. The van der Waals surface area contributed by atoms with Gasteiger partial charge in [-0.1, -0.05) is 12.1 Å². The Morgan fingerprint density at radius 2 is 2.05 bits per heavy atom. The Labute approximate surface area is 116 Å². The van der Waals surface area contributed by atoms with E-state index in [1.165, 1.54) is 28.8 Å². The Hall–Kier alpha value is -1.86. The van der Waals surface area contributed by atoms with Crippen LogP contribution in [0.5, 0.6) is 0 Å². The van der Waals surface area contributed by atoms with Crippen molar-refractivity contribution in [2.24, 2.45) is 0 Å². The van der Waals surface area contributed by atoms with Gasteiger partial charge in [0.15, 0.2) is 0 Å². The maximum Gasteiger partial charge on any atom is 0.246 e. The second kappa shape index (κ2) is 4.92. The molecule has 0 spiro atoms. The van der Waals surface area contributed by atoms with Crippen LogP contribution in [-0.4, -0.2) is 29.2 Å². The third-order valence-electron chi connectivity index (χ3n) is 3.28. The van der Waals surface area contributed by atoms with E-state index in [1.807, 2.05) is 0 Å². The molecule has 2 aromatic rings. The zero-order valence-electron chi connectivity index (χ0n) is 10.5. The molecule has 20 heavy (non-hydrogen) atoms. The van der Waals surface area contributed by atoms with Gasteiger partial charge in [-0.05, 0) is 12.1 Å². The molecule has 0 amide bonds. The molecule has 2 heterocycles. The summed E-state index contributed by atoms with van der Waals surface area (Å²) in [5, 5.41) is 0. The van der Waals surface area contributed by atoms with Crippen molar-refractivity contribution in [2.45, 2.75) is 17.9 Å². The zero-order valence-corrected chi connectivity index (χ0v) is 11.3. The van der Waals surface area contributed by atoms with Crippen LogP contribution in [0.15, 0.2) is 41.7 Å². The van der Waals surface area contributed by atoms with Crippen molar-refractivity contribution in [3.8, 4) is 0 Å². The lowest BCUT2D eigenvalue weighted by Gasteiger charge is -2.27. The smallest absolute Gasteiger partial charge is 0.244 e. The first-order valence-electron chi connectivity index (χ1n) is 6.11. The molecular formula is C13H12FN3O2S. The number of hydrogen-bond acceptors (Lipinski definition) is 4. The molecule has 1 aromatic carbocycles. The van der Waals surface area contributed by atoms with Gasteiger partial charge in [-0.2, -0.15) is 4.31 Å². The van der Waals surface area contributed by atoms with Crippen LogP contribution in [0.1, 0.15) is 11.3 Å². The number of benzene rings is 1. The van der Waals surface area contributed by atoms with Gasteiger partial charge in [0.2, 0.25) is 10.0 Å². The number of fused-ring (bicyclic) bond motifs is 1. The molecule has 0 atom stereocenters. The van der Waals surface area contributed by atoms with Gasteiger partial charge >= 0.3 is 0 Å². The van der Waals surface area contributed by atoms with Gasteiger partial charge in [-0.15, -0.1) is 0 Å². The van der Waals surface area contributed by atoms with E-state index in [1.54, 1.807) is 6.20 Å². The molecule has 0 saturated carbocycles. The molecule has 7 heteroatoms. The second-order valence-electron chi connectivity index (χ2n) is 4.51. The highest BCUT2D eigenvalue weighted by Crippen LogP contribution is 2.24. The van der Waals surface area contributed by atoms with Crippen LogP contribution in [0, 0.1) is 5.82 Å². The minimum atomic E-state index is -3.83. The topological polar surface area (TPSA) is 63.2 Å². The SMILES string of the molecule is O=S(=O)(c1ccccc1F)N1CCc2ncncc2C1. The summed E-state index contributed by atoms with van der Waals surface area (Å²) in [6, 6.07) is 5.40. The fourth-order valence-corrected chi connectivity index (χ4v) is 3.72. The molecule has 0 saturated heterocycles. The van der Waals surface area contributed by atoms with E-state index < -0.39 is 15.8 Å².